The van der Waals surface area contributed by atoms with Crippen molar-refractivity contribution in [2.24, 2.45) is 4.99 Å². The van der Waals surface area contributed by atoms with E-state index in [1.807, 2.05) is 30.3 Å². The molecule has 0 spiro atoms. The minimum absolute atomic E-state index is 0.0123. The van der Waals surface area contributed by atoms with Crippen LogP contribution < -0.4 is 14.9 Å². The van der Waals surface area contributed by atoms with E-state index in [2.05, 4.69) is 4.99 Å². The number of thiazole rings is 1. The highest BCUT2D eigenvalue weighted by atomic mass is 35.5. The molecule has 1 aliphatic rings. The van der Waals surface area contributed by atoms with Gasteiger partial charge in [0.05, 0.1) is 28.5 Å². The van der Waals surface area contributed by atoms with Crippen LogP contribution in [-0.2, 0) is 9.53 Å². The Morgan fingerprint density at radius 3 is 2.74 bits per heavy atom. The first-order chi connectivity index (χ1) is 14.9. The van der Waals surface area contributed by atoms with Crippen molar-refractivity contribution in [1.82, 2.24) is 4.57 Å². The van der Waals surface area contributed by atoms with Crippen LogP contribution in [0.4, 0.5) is 0 Å². The maximum atomic E-state index is 13.4. The predicted octanol–water partition coefficient (Wildman–Crippen LogP) is 3.16. The number of nitrogens with zero attached hydrogens (tertiary/aromatic N) is 2. The average Bonchev–Trinajstić information content (AvgIpc) is 3.05. The molecule has 0 amide bonds. The van der Waals surface area contributed by atoms with E-state index in [-0.39, 0.29) is 17.9 Å². The van der Waals surface area contributed by atoms with E-state index in [0.29, 0.717) is 31.2 Å². The maximum absolute atomic E-state index is 13.4. The zero-order chi connectivity index (χ0) is 22.1. The van der Waals surface area contributed by atoms with Gasteiger partial charge in [-0.3, -0.25) is 9.36 Å². The van der Waals surface area contributed by atoms with Crippen molar-refractivity contribution in [1.29, 1.82) is 0 Å². The van der Waals surface area contributed by atoms with E-state index in [0.717, 1.165) is 5.56 Å². The van der Waals surface area contributed by atoms with Gasteiger partial charge in [-0.15, -0.1) is 0 Å². The monoisotopic (exact) mass is 454 g/mol. The van der Waals surface area contributed by atoms with E-state index in [1.54, 1.807) is 32.1 Å². The van der Waals surface area contributed by atoms with Gasteiger partial charge >= 0.3 is 5.97 Å². The number of phenols is 1. The number of carbonyl (C=O) groups excluding carboxylic acids is 1. The Morgan fingerprint density at radius 2 is 2.03 bits per heavy atom. The summed E-state index contributed by atoms with van der Waals surface area (Å²) in [6.45, 7) is 3.69. The number of carbonyl (C=O) groups is 1. The standard InChI is InChI=1S/C23H19ClN2O4S/c1-3-30-22(29)19-13(2)25-23-26(20(19)14-7-5-4-6-8-14)21(28)18(31-23)12-15-11-16(24)9-10-17(15)27/h4-12,20,27H,3H2,1-2H3. The van der Waals surface area contributed by atoms with Gasteiger partial charge in [0.1, 0.15) is 5.75 Å². The molecule has 1 atom stereocenters. The topological polar surface area (TPSA) is 80.9 Å². The summed E-state index contributed by atoms with van der Waals surface area (Å²) in [6, 6.07) is 13.3. The minimum atomic E-state index is -0.661. The smallest absolute Gasteiger partial charge is 0.338 e. The first kappa shape index (κ1) is 21.1. The Kier molecular flexibility index (Phi) is 5.80. The molecule has 0 aliphatic carbocycles. The fraction of sp³-hybridized carbons (Fsp3) is 0.174. The van der Waals surface area contributed by atoms with Crippen molar-refractivity contribution in [3.63, 3.8) is 0 Å². The highest BCUT2D eigenvalue weighted by Crippen LogP contribution is 2.30. The van der Waals surface area contributed by atoms with Crippen LogP contribution in [0.25, 0.3) is 6.08 Å². The van der Waals surface area contributed by atoms with Crippen molar-refractivity contribution >= 4 is 35.0 Å². The Bertz CT molecular complexity index is 1370. The molecule has 31 heavy (non-hydrogen) atoms. The fourth-order valence-corrected chi connectivity index (χ4v) is 4.74. The second-order valence-corrected chi connectivity index (χ2v) is 8.36. The summed E-state index contributed by atoms with van der Waals surface area (Å²) in [5, 5.41) is 10.6. The summed E-state index contributed by atoms with van der Waals surface area (Å²) >= 11 is 7.23. The summed E-state index contributed by atoms with van der Waals surface area (Å²) in [7, 11) is 0. The van der Waals surface area contributed by atoms with Crippen molar-refractivity contribution in [3.8, 4) is 5.75 Å². The number of fused-ring (bicyclic) bond motifs is 1. The SMILES string of the molecule is CCOC(=O)C1=C(C)N=c2sc(=Cc3cc(Cl)ccc3O)c(=O)n2C1c1ccccc1. The third kappa shape index (κ3) is 3.94. The third-order valence-electron chi connectivity index (χ3n) is 4.91. The molecule has 0 fully saturated rings. The van der Waals surface area contributed by atoms with Crippen LogP contribution in [0, 0.1) is 0 Å². The van der Waals surface area contributed by atoms with Crippen LogP contribution in [-0.4, -0.2) is 22.2 Å². The number of ether oxygens (including phenoxy) is 1. The zero-order valence-corrected chi connectivity index (χ0v) is 18.4. The highest BCUT2D eigenvalue weighted by molar-refractivity contribution is 7.07. The Balaban J connectivity index is 1.97. The molecule has 1 N–H and O–H groups in total. The average molecular weight is 455 g/mol. The Hall–Kier alpha value is -3.16. The summed E-state index contributed by atoms with van der Waals surface area (Å²) in [6.07, 6.45) is 1.58. The number of allylic oxidation sites excluding steroid dienone is 1. The number of phenolic OH excluding ortho intramolecular Hbond substituents is 1. The molecule has 1 aromatic heterocycles. The van der Waals surface area contributed by atoms with Crippen LogP contribution >= 0.6 is 22.9 Å². The molecule has 2 aromatic carbocycles. The molecule has 0 bridgehead atoms. The van der Waals surface area contributed by atoms with Gasteiger partial charge in [0.15, 0.2) is 4.80 Å². The Morgan fingerprint density at radius 1 is 1.29 bits per heavy atom. The first-order valence-electron chi connectivity index (χ1n) is 9.64. The quantitative estimate of drug-likeness (QED) is 0.614. The third-order valence-corrected chi connectivity index (χ3v) is 6.13. The summed E-state index contributed by atoms with van der Waals surface area (Å²) in [4.78, 5) is 31.2. The number of aromatic nitrogens is 1. The van der Waals surface area contributed by atoms with Gasteiger partial charge in [0.25, 0.3) is 5.56 Å². The lowest BCUT2D eigenvalue weighted by molar-refractivity contribution is -0.139. The lowest BCUT2D eigenvalue weighted by Crippen LogP contribution is -2.39. The molecule has 1 unspecified atom stereocenters. The largest absolute Gasteiger partial charge is 0.507 e. The minimum Gasteiger partial charge on any atom is -0.507 e. The van der Waals surface area contributed by atoms with Gasteiger partial charge in [0, 0.05) is 10.6 Å². The van der Waals surface area contributed by atoms with Gasteiger partial charge < -0.3 is 9.84 Å². The van der Waals surface area contributed by atoms with Gasteiger partial charge in [0.2, 0.25) is 0 Å². The summed E-state index contributed by atoms with van der Waals surface area (Å²) < 4.78 is 7.14. The summed E-state index contributed by atoms with van der Waals surface area (Å²) in [5.74, 6) is -0.488. The second-order valence-electron chi connectivity index (χ2n) is 6.92. The van der Waals surface area contributed by atoms with Crippen molar-refractivity contribution in [3.05, 3.63) is 95.6 Å². The predicted molar refractivity (Wildman–Crippen MR) is 120 cm³/mol. The van der Waals surface area contributed by atoms with Gasteiger partial charge in [-0.05, 0) is 43.7 Å². The lowest BCUT2D eigenvalue weighted by Gasteiger charge is -2.24. The van der Waals surface area contributed by atoms with Gasteiger partial charge in [-0.2, -0.15) is 0 Å². The maximum Gasteiger partial charge on any atom is 0.338 e. The van der Waals surface area contributed by atoms with Crippen LogP contribution in [0.5, 0.6) is 5.75 Å². The molecule has 0 saturated carbocycles. The van der Waals surface area contributed by atoms with Gasteiger partial charge in [-0.25, -0.2) is 9.79 Å². The van der Waals surface area contributed by atoms with Crippen molar-refractivity contribution in [2.75, 3.05) is 6.61 Å². The molecule has 2 heterocycles. The Labute approximate surface area is 187 Å². The molecule has 8 heteroatoms. The van der Waals surface area contributed by atoms with E-state index in [1.165, 1.54) is 22.0 Å². The fourth-order valence-electron chi connectivity index (χ4n) is 3.52. The number of hydrogen-bond donors (Lipinski definition) is 1. The van der Waals surface area contributed by atoms with E-state index < -0.39 is 12.0 Å². The van der Waals surface area contributed by atoms with Crippen molar-refractivity contribution in [2.45, 2.75) is 19.9 Å². The number of benzene rings is 2. The van der Waals surface area contributed by atoms with E-state index >= 15 is 0 Å². The van der Waals surface area contributed by atoms with Crippen LogP contribution in [0.1, 0.15) is 31.0 Å². The molecular formula is C23H19ClN2O4S. The number of halogens is 1. The molecule has 4 rings (SSSR count). The normalized spacial score (nSPS) is 16.1. The molecule has 158 valence electrons. The number of rotatable bonds is 4. The molecule has 0 saturated heterocycles. The highest BCUT2D eigenvalue weighted by Gasteiger charge is 2.33. The second kappa shape index (κ2) is 8.53. The van der Waals surface area contributed by atoms with Crippen molar-refractivity contribution < 1.29 is 14.6 Å². The molecule has 1 aliphatic heterocycles. The number of hydrogen-bond acceptors (Lipinski definition) is 6. The first-order valence-corrected chi connectivity index (χ1v) is 10.8. The van der Waals surface area contributed by atoms with Crippen LogP contribution in [0.15, 0.2) is 69.6 Å². The van der Waals surface area contributed by atoms with Crippen LogP contribution in [0.2, 0.25) is 5.02 Å². The van der Waals surface area contributed by atoms with Crippen LogP contribution in [0.3, 0.4) is 0 Å². The van der Waals surface area contributed by atoms with Gasteiger partial charge in [-0.1, -0.05) is 53.3 Å². The molecular weight excluding hydrogens is 436 g/mol. The summed E-state index contributed by atoms with van der Waals surface area (Å²) in [5.41, 5.74) is 1.73. The molecule has 0 radical (unpaired) electrons. The zero-order valence-electron chi connectivity index (χ0n) is 16.8. The lowest BCUT2D eigenvalue weighted by atomic mass is 9.96. The van der Waals surface area contributed by atoms with E-state index in [4.69, 9.17) is 16.3 Å². The van der Waals surface area contributed by atoms with E-state index in [9.17, 15) is 14.7 Å². The molecule has 3 aromatic rings. The molecule has 6 nitrogen and oxygen atoms in total. The number of esters is 1. The number of aromatic hydroxyl groups is 1.